The van der Waals surface area contributed by atoms with E-state index in [9.17, 15) is 13.2 Å². The van der Waals surface area contributed by atoms with Crippen LogP contribution in [0.2, 0.25) is 0 Å². The number of alkyl halides is 3. The van der Waals surface area contributed by atoms with Crippen molar-refractivity contribution in [2.75, 3.05) is 0 Å². The largest absolute Gasteiger partial charge is 0.433 e. The summed E-state index contributed by atoms with van der Waals surface area (Å²) < 4.78 is 39.2. The van der Waals surface area contributed by atoms with E-state index in [2.05, 4.69) is 25.6 Å². The SMILES string of the molecule is CC(C)[C@@H](C)C1(N)N=C(c2cccc(C(F)(F)F)n2)NC(=N[C@H](C)C(C)C)N1. The highest BCUT2D eigenvalue weighted by molar-refractivity contribution is 6.09. The second-order valence-electron chi connectivity index (χ2n) is 7.94. The average molecular weight is 398 g/mol. The first-order valence-electron chi connectivity index (χ1n) is 9.40. The van der Waals surface area contributed by atoms with E-state index in [1.54, 1.807) is 0 Å². The number of nitrogens with zero attached hydrogens (tertiary/aromatic N) is 3. The van der Waals surface area contributed by atoms with Gasteiger partial charge in [-0.25, -0.2) is 15.0 Å². The summed E-state index contributed by atoms with van der Waals surface area (Å²) in [7, 11) is 0. The van der Waals surface area contributed by atoms with Gasteiger partial charge in [-0.05, 0) is 30.9 Å². The minimum Gasteiger partial charge on any atom is -0.319 e. The van der Waals surface area contributed by atoms with Crippen molar-refractivity contribution in [3.8, 4) is 0 Å². The Hall–Kier alpha value is -2.16. The molecule has 0 saturated carbocycles. The number of hydrogen-bond acceptors (Lipinski definition) is 4. The van der Waals surface area contributed by atoms with Gasteiger partial charge >= 0.3 is 6.18 Å². The van der Waals surface area contributed by atoms with Crippen molar-refractivity contribution >= 4 is 11.8 Å². The van der Waals surface area contributed by atoms with Gasteiger partial charge in [-0.3, -0.25) is 5.73 Å². The van der Waals surface area contributed by atoms with Crippen molar-refractivity contribution in [2.45, 2.75) is 59.5 Å². The predicted octanol–water partition coefficient (Wildman–Crippen LogP) is 3.34. The van der Waals surface area contributed by atoms with Crippen LogP contribution in [0.3, 0.4) is 0 Å². The highest BCUT2D eigenvalue weighted by Gasteiger charge is 2.39. The van der Waals surface area contributed by atoms with Crippen molar-refractivity contribution in [1.82, 2.24) is 15.6 Å². The first kappa shape index (κ1) is 22.1. The Kier molecular flexibility index (Phi) is 6.37. The summed E-state index contributed by atoms with van der Waals surface area (Å²) in [6.45, 7) is 12.0. The molecule has 1 aromatic heterocycles. The molecule has 3 atom stereocenters. The number of nitrogens with two attached hydrogens (primary N) is 1. The van der Waals surface area contributed by atoms with Crippen LogP contribution in [0.15, 0.2) is 28.2 Å². The Morgan fingerprint density at radius 1 is 1.07 bits per heavy atom. The number of aromatic nitrogens is 1. The summed E-state index contributed by atoms with van der Waals surface area (Å²) in [6, 6.07) is 3.67. The summed E-state index contributed by atoms with van der Waals surface area (Å²) in [5.41, 5.74) is 5.61. The molecule has 2 heterocycles. The Balaban J connectivity index is 2.53. The zero-order valence-corrected chi connectivity index (χ0v) is 17.1. The molecule has 0 amide bonds. The predicted molar refractivity (Wildman–Crippen MR) is 105 cm³/mol. The zero-order valence-electron chi connectivity index (χ0n) is 17.1. The van der Waals surface area contributed by atoms with Crippen molar-refractivity contribution in [3.63, 3.8) is 0 Å². The molecule has 2 rings (SSSR count). The maximum atomic E-state index is 13.1. The average Bonchev–Trinajstić information content (AvgIpc) is 2.59. The summed E-state index contributed by atoms with van der Waals surface area (Å²) in [5, 5.41) is 6.08. The van der Waals surface area contributed by atoms with Crippen LogP contribution in [0.5, 0.6) is 0 Å². The number of amidine groups is 1. The van der Waals surface area contributed by atoms with E-state index < -0.39 is 17.7 Å². The highest BCUT2D eigenvalue weighted by atomic mass is 19.4. The van der Waals surface area contributed by atoms with Gasteiger partial charge in [-0.15, -0.1) is 0 Å². The molecule has 0 aromatic carbocycles. The summed E-state index contributed by atoms with van der Waals surface area (Å²) in [6.07, 6.45) is -4.54. The van der Waals surface area contributed by atoms with Gasteiger partial charge < -0.3 is 10.6 Å². The van der Waals surface area contributed by atoms with Crippen LogP contribution in [0.1, 0.15) is 52.9 Å². The van der Waals surface area contributed by atoms with Gasteiger partial charge in [-0.2, -0.15) is 13.2 Å². The van der Waals surface area contributed by atoms with E-state index in [1.807, 2.05) is 41.5 Å². The smallest absolute Gasteiger partial charge is 0.319 e. The van der Waals surface area contributed by atoms with Gasteiger partial charge in [-0.1, -0.05) is 40.7 Å². The summed E-state index contributed by atoms with van der Waals surface area (Å²) in [5.74, 6) is -0.344. The fourth-order valence-electron chi connectivity index (χ4n) is 2.56. The van der Waals surface area contributed by atoms with E-state index in [4.69, 9.17) is 5.73 Å². The third kappa shape index (κ3) is 5.01. The number of aliphatic imine (C=N–C) groups is 2. The molecule has 0 bridgehead atoms. The zero-order chi connectivity index (χ0) is 21.3. The first-order chi connectivity index (χ1) is 12.8. The molecule has 0 fully saturated rings. The monoisotopic (exact) mass is 398 g/mol. The van der Waals surface area contributed by atoms with Crippen LogP contribution in [0, 0.1) is 17.8 Å². The number of rotatable bonds is 5. The van der Waals surface area contributed by atoms with Crippen molar-refractivity contribution in [2.24, 2.45) is 33.5 Å². The lowest BCUT2D eigenvalue weighted by Crippen LogP contribution is -2.67. The van der Waals surface area contributed by atoms with Crippen molar-refractivity contribution in [1.29, 1.82) is 0 Å². The molecule has 1 aliphatic heterocycles. The van der Waals surface area contributed by atoms with E-state index in [0.29, 0.717) is 5.96 Å². The lowest BCUT2D eigenvalue weighted by atomic mass is 9.90. The molecule has 1 aromatic rings. The molecule has 6 nitrogen and oxygen atoms in total. The second-order valence-corrected chi connectivity index (χ2v) is 7.94. The van der Waals surface area contributed by atoms with E-state index in [-0.39, 0.29) is 35.3 Å². The van der Waals surface area contributed by atoms with Crippen molar-refractivity contribution in [3.05, 3.63) is 29.6 Å². The van der Waals surface area contributed by atoms with Gasteiger partial charge in [0.15, 0.2) is 17.6 Å². The Morgan fingerprint density at radius 3 is 2.25 bits per heavy atom. The van der Waals surface area contributed by atoms with Crippen LogP contribution in [-0.4, -0.2) is 28.6 Å². The lowest BCUT2D eigenvalue weighted by Gasteiger charge is -2.40. The highest BCUT2D eigenvalue weighted by Crippen LogP contribution is 2.28. The third-order valence-corrected chi connectivity index (χ3v) is 5.13. The Bertz CT molecular complexity index is 756. The van der Waals surface area contributed by atoms with Gasteiger partial charge in [0.05, 0.1) is 6.04 Å². The third-order valence-electron chi connectivity index (χ3n) is 5.13. The molecule has 9 heteroatoms. The van der Waals surface area contributed by atoms with Gasteiger partial charge in [0.2, 0.25) is 0 Å². The summed E-state index contributed by atoms with van der Waals surface area (Å²) >= 11 is 0. The number of hydrogen-bond donors (Lipinski definition) is 3. The fraction of sp³-hybridized carbons (Fsp3) is 0.632. The van der Waals surface area contributed by atoms with E-state index >= 15 is 0 Å². The molecule has 4 N–H and O–H groups in total. The quantitative estimate of drug-likeness (QED) is 0.710. The maximum absolute atomic E-state index is 13.1. The van der Waals surface area contributed by atoms with Crippen LogP contribution in [0.25, 0.3) is 0 Å². The Morgan fingerprint density at radius 2 is 1.71 bits per heavy atom. The normalized spacial score (nSPS) is 24.0. The molecule has 0 radical (unpaired) electrons. The van der Waals surface area contributed by atoms with Gasteiger partial charge in [0, 0.05) is 5.92 Å². The van der Waals surface area contributed by atoms with E-state index in [1.165, 1.54) is 12.1 Å². The van der Waals surface area contributed by atoms with Crippen LogP contribution >= 0.6 is 0 Å². The second kappa shape index (κ2) is 8.06. The molecule has 156 valence electrons. The number of nitrogens with one attached hydrogen (secondary N) is 2. The topological polar surface area (TPSA) is 87.7 Å². The van der Waals surface area contributed by atoms with Crippen LogP contribution in [-0.2, 0) is 6.18 Å². The summed E-state index contributed by atoms with van der Waals surface area (Å²) in [4.78, 5) is 12.8. The van der Waals surface area contributed by atoms with Gasteiger partial charge in [0.1, 0.15) is 11.4 Å². The number of pyridine rings is 1. The molecule has 0 spiro atoms. The number of guanidine groups is 1. The van der Waals surface area contributed by atoms with Crippen LogP contribution < -0.4 is 16.4 Å². The molecular formula is C19H29F3N6. The molecule has 1 unspecified atom stereocenters. The minimum atomic E-state index is -4.54. The Labute approximate surface area is 163 Å². The van der Waals surface area contributed by atoms with Crippen molar-refractivity contribution < 1.29 is 13.2 Å². The van der Waals surface area contributed by atoms with Crippen LogP contribution in [0.4, 0.5) is 13.2 Å². The lowest BCUT2D eigenvalue weighted by molar-refractivity contribution is -0.141. The number of halogens is 3. The molecule has 0 saturated heterocycles. The molecular weight excluding hydrogens is 369 g/mol. The molecule has 0 aliphatic carbocycles. The van der Waals surface area contributed by atoms with E-state index in [0.717, 1.165) is 6.07 Å². The fourth-order valence-corrected chi connectivity index (χ4v) is 2.56. The molecule has 1 aliphatic rings. The minimum absolute atomic E-state index is 0.0255. The first-order valence-corrected chi connectivity index (χ1v) is 9.40. The molecule has 28 heavy (non-hydrogen) atoms. The standard InChI is InChI=1S/C19H29F3N6/c1-10(2)12(5)19(23)27-16(26-17(28-19)24-13(6)11(3)4)14-8-7-9-15(25-14)18(20,21)22/h7-13H,23H2,1-6H3,(H2,24,26,27,28)/t12-,13-,19?/m1/s1. The van der Waals surface area contributed by atoms with Gasteiger partial charge in [0.25, 0.3) is 0 Å². The maximum Gasteiger partial charge on any atom is 0.433 e.